The maximum Gasteiger partial charge on any atom is 0.159 e. The fourth-order valence-corrected chi connectivity index (χ4v) is 7.87. The molecule has 11 rings (SSSR count). The number of hydrogen-bond acceptors (Lipinski definition) is 4. The van der Waals surface area contributed by atoms with Crippen molar-refractivity contribution < 1.29 is 0 Å². The van der Waals surface area contributed by atoms with Crippen molar-refractivity contribution in [1.82, 2.24) is 29.1 Å². The molecular weight excluding hydrogens is 637 g/mol. The topological polar surface area (TPSA) is 61.4 Å². The molecule has 0 aliphatic heterocycles. The average molecular weight is 665 g/mol. The normalized spacial score (nSPS) is 11.8. The van der Waals surface area contributed by atoms with Crippen LogP contribution in [0.3, 0.4) is 0 Å². The highest BCUT2D eigenvalue weighted by Gasteiger charge is 2.21. The van der Waals surface area contributed by atoms with Gasteiger partial charge in [-0.25, -0.2) is 19.9 Å². The second-order valence-corrected chi connectivity index (χ2v) is 13.2. The van der Waals surface area contributed by atoms with Gasteiger partial charge in [0.15, 0.2) is 11.6 Å². The van der Waals surface area contributed by atoms with Gasteiger partial charge in [-0.2, -0.15) is 0 Å². The highest BCUT2D eigenvalue weighted by Crippen LogP contribution is 2.42. The lowest BCUT2D eigenvalue weighted by Gasteiger charge is -2.11. The van der Waals surface area contributed by atoms with Crippen LogP contribution in [0.15, 0.2) is 170 Å². The predicted octanol–water partition coefficient (Wildman–Crippen LogP) is 11.1. The van der Waals surface area contributed by atoms with E-state index in [4.69, 9.17) is 19.9 Å². The molecule has 7 aromatic carbocycles. The molecule has 0 radical (unpaired) electrons. The molecule has 0 saturated carbocycles. The first-order valence-corrected chi connectivity index (χ1v) is 17.4. The highest BCUT2D eigenvalue weighted by atomic mass is 15.0. The molecule has 0 saturated heterocycles. The maximum absolute atomic E-state index is 4.91. The standard InChI is InChI=1S/C46H28N6/c1-5-19-37-31(11-1)27-47-45(49-37)29-13-9-15-33(25-29)51-39-21-7-3-17-35(39)43-41(51)23-24-42-44(43)36-18-4-8-22-40(36)52(42)34-16-10-14-30(26-34)46-48-28-32-12-2-6-20-38(32)50-46/h1-28H. The Bertz CT molecular complexity index is 2990. The van der Waals surface area contributed by atoms with Gasteiger partial charge in [0.2, 0.25) is 0 Å². The summed E-state index contributed by atoms with van der Waals surface area (Å²) < 4.78 is 4.75. The zero-order chi connectivity index (χ0) is 34.2. The molecule has 242 valence electrons. The van der Waals surface area contributed by atoms with Crippen LogP contribution in [0.1, 0.15) is 0 Å². The van der Waals surface area contributed by atoms with Crippen molar-refractivity contribution in [3.8, 4) is 34.2 Å². The first kappa shape index (κ1) is 28.6. The summed E-state index contributed by atoms with van der Waals surface area (Å²) in [6, 6.07) is 55.3. The van der Waals surface area contributed by atoms with E-state index in [9.17, 15) is 0 Å². The van der Waals surface area contributed by atoms with Crippen LogP contribution < -0.4 is 0 Å². The van der Waals surface area contributed by atoms with Crippen LogP contribution in [-0.2, 0) is 0 Å². The monoisotopic (exact) mass is 664 g/mol. The van der Waals surface area contributed by atoms with Crippen LogP contribution in [0.4, 0.5) is 0 Å². The molecule has 4 heterocycles. The number of benzene rings is 7. The van der Waals surface area contributed by atoms with Gasteiger partial charge >= 0.3 is 0 Å². The zero-order valence-electron chi connectivity index (χ0n) is 27.8. The fourth-order valence-electron chi connectivity index (χ4n) is 7.87. The van der Waals surface area contributed by atoms with E-state index >= 15 is 0 Å². The van der Waals surface area contributed by atoms with E-state index in [1.54, 1.807) is 0 Å². The van der Waals surface area contributed by atoms with E-state index < -0.39 is 0 Å². The number of aromatic nitrogens is 6. The van der Waals surface area contributed by atoms with Crippen molar-refractivity contribution in [2.45, 2.75) is 0 Å². The molecule has 0 N–H and O–H groups in total. The summed E-state index contributed by atoms with van der Waals surface area (Å²) in [4.78, 5) is 19.3. The summed E-state index contributed by atoms with van der Waals surface area (Å²) in [5.74, 6) is 1.42. The van der Waals surface area contributed by atoms with Gasteiger partial charge in [0.25, 0.3) is 0 Å². The highest BCUT2D eigenvalue weighted by molar-refractivity contribution is 6.28. The van der Waals surface area contributed by atoms with E-state index in [1.807, 2.05) is 60.9 Å². The molecule has 0 aliphatic rings. The molecule has 6 nitrogen and oxygen atoms in total. The van der Waals surface area contributed by atoms with E-state index in [0.29, 0.717) is 11.6 Å². The molecule has 0 amide bonds. The molecule has 0 bridgehead atoms. The Morgan fingerprint density at radius 3 is 1.31 bits per heavy atom. The summed E-state index contributed by atoms with van der Waals surface area (Å²) >= 11 is 0. The minimum Gasteiger partial charge on any atom is -0.309 e. The maximum atomic E-state index is 4.91. The molecule has 0 fully saturated rings. The fraction of sp³-hybridized carbons (Fsp3) is 0. The minimum atomic E-state index is 0.711. The van der Waals surface area contributed by atoms with Gasteiger partial charge in [-0.1, -0.05) is 97.1 Å². The molecule has 0 atom stereocenters. The van der Waals surface area contributed by atoms with E-state index in [0.717, 1.165) is 66.4 Å². The number of hydrogen-bond donors (Lipinski definition) is 0. The van der Waals surface area contributed by atoms with Gasteiger partial charge in [0, 0.05) is 67.2 Å². The molecule has 6 heteroatoms. The van der Waals surface area contributed by atoms with Gasteiger partial charge in [-0.15, -0.1) is 0 Å². The Kier molecular flexibility index (Phi) is 6.15. The lowest BCUT2D eigenvalue weighted by molar-refractivity contribution is 1.16. The van der Waals surface area contributed by atoms with Crippen LogP contribution >= 0.6 is 0 Å². The molecule has 11 aromatic rings. The average Bonchev–Trinajstić information content (AvgIpc) is 3.73. The first-order valence-electron chi connectivity index (χ1n) is 17.4. The third-order valence-corrected chi connectivity index (χ3v) is 10.2. The molecule has 52 heavy (non-hydrogen) atoms. The lowest BCUT2D eigenvalue weighted by Crippen LogP contribution is -1.97. The molecule has 0 spiro atoms. The number of para-hydroxylation sites is 4. The van der Waals surface area contributed by atoms with Gasteiger partial charge in [-0.3, -0.25) is 0 Å². The Hall–Kier alpha value is -7.18. The van der Waals surface area contributed by atoms with Crippen LogP contribution in [-0.4, -0.2) is 29.1 Å². The molecule has 0 unspecified atom stereocenters. The molecular formula is C46H28N6. The van der Waals surface area contributed by atoms with Gasteiger partial charge in [0.05, 0.1) is 33.1 Å². The third kappa shape index (κ3) is 4.31. The Labute approximate surface area is 297 Å². The Morgan fingerprint density at radius 1 is 0.365 bits per heavy atom. The van der Waals surface area contributed by atoms with Crippen molar-refractivity contribution in [2.24, 2.45) is 0 Å². The molecule has 0 aliphatic carbocycles. The summed E-state index contributed by atoms with van der Waals surface area (Å²) in [5.41, 5.74) is 10.5. The smallest absolute Gasteiger partial charge is 0.159 e. The molecule has 4 aromatic heterocycles. The number of nitrogens with zero attached hydrogens (tertiary/aromatic N) is 6. The predicted molar refractivity (Wildman–Crippen MR) is 212 cm³/mol. The second-order valence-electron chi connectivity index (χ2n) is 13.2. The summed E-state index contributed by atoms with van der Waals surface area (Å²) in [5, 5.41) is 6.92. The quantitative estimate of drug-likeness (QED) is 0.188. The van der Waals surface area contributed by atoms with Crippen LogP contribution in [0.2, 0.25) is 0 Å². The Balaban J connectivity index is 1.13. The third-order valence-electron chi connectivity index (χ3n) is 10.2. The largest absolute Gasteiger partial charge is 0.309 e. The van der Waals surface area contributed by atoms with Crippen molar-refractivity contribution in [2.75, 3.05) is 0 Å². The van der Waals surface area contributed by atoms with E-state index in [2.05, 4.69) is 118 Å². The van der Waals surface area contributed by atoms with Crippen LogP contribution in [0.5, 0.6) is 0 Å². The number of fused-ring (bicyclic) bond motifs is 9. The van der Waals surface area contributed by atoms with Crippen molar-refractivity contribution >= 4 is 65.4 Å². The Morgan fingerprint density at radius 2 is 0.808 bits per heavy atom. The van der Waals surface area contributed by atoms with Crippen LogP contribution in [0.25, 0.3) is 99.6 Å². The minimum absolute atomic E-state index is 0.711. The zero-order valence-corrected chi connectivity index (χ0v) is 27.8. The van der Waals surface area contributed by atoms with Crippen LogP contribution in [0, 0.1) is 0 Å². The van der Waals surface area contributed by atoms with E-state index in [1.165, 1.54) is 21.5 Å². The lowest BCUT2D eigenvalue weighted by atomic mass is 10.1. The summed E-state index contributed by atoms with van der Waals surface area (Å²) in [7, 11) is 0. The van der Waals surface area contributed by atoms with E-state index in [-0.39, 0.29) is 0 Å². The van der Waals surface area contributed by atoms with Gasteiger partial charge in [-0.05, 0) is 60.7 Å². The number of rotatable bonds is 4. The van der Waals surface area contributed by atoms with Gasteiger partial charge < -0.3 is 9.13 Å². The summed E-state index contributed by atoms with van der Waals surface area (Å²) in [6.45, 7) is 0. The first-order chi connectivity index (χ1) is 25.8. The van der Waals surface area contributed by atoms with Crippen molar-refractivity contribution in [3.05, 3.63) is 170 Å². The van der Waals surface area contributed by atoms with Gasteiger partial charge in [0.1, 0.15) is 0 Å². The SMILES string of the molecule is c1cc(-c2ncc3ccccc3n2)cc(-n2c3ccccc3c3c4c5ccccc5n(-c5cccc(-c6ncc7ccccc7n6)c5)c4ccc32)c1. The second kappa shape index (κ2) is 11.2. The summed E-state index contributed by atoms with van der Waals surface area (Å²) in [6.07, 6.45) is 3.81. The van der Waals surface area contributed by atoms with Crippen molar-refractivity contribution in [1.29, 1.82) is 0 Å². The van der Waals surface area contributed by atoms with Crippen molar-refractivity contribution in [3.63, 3.8) is 0 Å².